The zero-order valence-electron chi connectivity index (χ0n) is 8.04. The lowest BCUT2D eigenvalue weighted by atomic mass is 10.2. The van der Waals surface area contributed by atoms with Gasteiger partial charge in [-0.1, -0.05) is 0 Å². The molecular weight excluding hydrogens is 150 g/mol. The second-order valence-electron chi connectivity index (χ2n) is 3.59. The Balaban J connectivity index is 2.58. The van der Waals surface area contributed by atoms with Crippen molar-refractivity contribution in [3.63, 3.8) is 0 Å². The highest BCUT2D eigenvalue weighted by atomic mass is 15.1. The van der Waals surface area contributed by atoms with E-state index in [-0.39, 0.29) is 0 Å². The molecule has 0 aromatic rings. The molecule has 0 saturated carbocycles. The molecule has 2 N–H and O–H groups in total. The van der Waals surface area contributed by atoms with Crippen LogP contribution in [0.2, 0.25) is 0 Å². The highest BCUT2D eigenvalue weighted by Crippen LogP contribution is 2.09. The van der Waals surface area contributed by atoms with Gasteiger partial charge < -0.3 is 5.73 Å². The molecule has 0 saturated heterocycles. The lowest BCUT2D eigenvalue weighted by Crippen LogP contribution is -2.16. The van der Waals surface area contributed by atoms with Crippen LogP contribution in [0.1, 0.15) is 13.8 Å². The van der Waals surface area contributed by atoms with E-state index >= 15 is 0 Å². The summed E-state index contributed by atoms with van der Waals surface area (Å²) in [5.41, 5.74) is 7.93. The zero-order valence-corrected chi connectivity index (χ0v) is 8.04. The summed E-state index contributed by atoms with van der Waals surface area (Å²) < 4.78 is 0. The lowest BCUT2D eigenvalue weighted by molar-refractivity contribution is 0.426. The van der Waals surface area contributed by atoms with Crippen molar-refractivity contribution in [2.24, 2.45) is 10.7 Å². The Hall–Kier alpha value is -0.830. The van der Waals surface area contributed by atoms with E-state index in [1.807, 2.05) is 6.21 Å². The van der Waals surface area contributed by atoms with Crippen LogP contribution in [-0.4, -0.2) is 37.3 Å². The van der Waals surface area contributed by atoms with Gasteiger partial charge in [-0.3, -0.25) is 9.89 Å². The normalized spacial score (nSPS) is 20.3. The number of rotatable bonds is 2. The minimum atomic E-state index is 0.358. The smallest absolute Gasteiger partial charge is 0.0443 e. The van der Waals surface area contributed by atoms with Crippen molar-refractivity contribution in [3.8, 4) is 0 Å². The van der Waals surface area contributed by atoms with Crippen LogP contribution >= 0.6 is 0 Å². The van der Waals surface area contributed by atoms with E-state index in [0.717, 1.165) is 18.8 Å². The summed E-state index contributed by atoms with van der Waals surface area (Å²) in [6.07, 6.45) is 1.91. The Bertz CT molecular complexity index is 216. The van der Waals surface area contributed by atoms with Crippen LogP contribution < -0.4 is 5.73 Å². The van der Waals surface area contributed by atoms with Gasteiger partial charge in [0.15, 0.2) is 0 Å². The Morgan fingerprint density at radius 3 is 2.58 bits per heavy atom. The Morgan fingerprint density at radius 1 is 1.50 bits per heavy atom. The summed E-state index contributed by atoms with van der Waals surface area (Å²) in [7, 11) is 2.06. The molecule has 3 heteroatoms. The summed E-state index contributed by atoms with van der Waals surface area (Å²) >= 11 is 0. The zero-order chi connectivity index (χ0) is 9.14. The quantitative estimate of drug-likeness (QED) is 0.613. The highest BCUT2D eigenvalue weighted by molar-refractivity contribution is 5.81. The number of hydrogen-bond acceptors (Lipinski definition) is 3. The first-order chi connectivity index (χ1) is 5.59. The predicted octanol–water partition coefficient (Wildman–Crippen LogP) is 0.624. The fourth-order valence-corrected chi connectivity index (χ4v) is 1.20. The fourth-order valence-electron chi connectivity index (χ4n) is 1.20. The number of nitrogens with two attached hydrogens (primary N) is 1. The molecule has 12 heavy (non-hydrogen) atoms. The van der Waals surface area contributed by atoms with Gasteiger partial charge in [0.25, 0.3) is 0 Å². The molecule has 3 nitrogen and oxygen atoms in total. The first-order valence-corrected chi connectivity index (χ1v) is 4.29. The predicted molar refractivity (Wildman–Crippen MR) is 52.3 cm³/mol. The average Bonchev–Trinajstić information content (AvgIpc) is 2.26. The Morgan fingerprint density at radius 2 is 2.17 bits per heavy atom. The molecule has 1 rings (SSSR count). The number of nitrogens with zero attached hydrogens (tertiary/aromatic N) is 2. The molecule has 0 aromatic heterocycles. The maximum atomic E-state index is 5.80. The van der Waals surface area contributed by atoms with Gasteiger partial charge in [0.2, 0.25) is 0 Å². The third-order valence-electron chi connectivity index (χ3n) is 1.82. The molecule has 0 bridgehead atoms. The van der Waals surface area contributed by atoms with Crippen molar-refractivity contribution in [2.75, 3.05) is 20.1 Å². The summed E-state index contributed by atoms with van der Waals surface area (Å²) in [5, 5.41) is 0. The summed E-state index contributed by atoms with van der Waals surface area (Å²) in [4.78, 5) is 6.48. The molecule has 1 heterocycles. The molecule has 1 aliphatic rings. The monoisotopic (exact) mass is 167 g/mol. The van der Waals surface area contributed by atoms with Gasteiger partial charge >= 0.3 is 0 Å². The molecule has 0 aromatic carbocycles. The minimum Gasteiger partial charge on any atom is -0.401 e. The van der Waals surface area contributed by atoms with Crippen molar-refractivity contribution in [2.45, 2.75) is 19.9 Å². The SMILES string of the molecule is CC(C)N=CC1=C(N)CN(C)C1. The van der Waals surface area contributed by atoms with E-state index in [0.29, 0.717) is 6.04 Å². The maximum absolute atomic E-state index is 5.80. The van der Waals surface area contributed by atoms with E-state index in [9.17, 15) is 0 Å². The lowest BCUT2D eigenvalue weighted by Gasteiger charge is -2.04. The summed E-state index contributed by atoms with van der Waals surface area (Å²) in [5.74, 6) is 0. The molecule has 0 radical (unpaired) electrons. The molecule has 68 valence electrons. The summed E-state index contributed by atoms with van der Waals surface area (Å²) in [6.45, 7) is 5.93. The van der Waals surface area contributed by atoms with Crippen molar-refractivity contribution in [1.29, 1.82) is 0 Å². The van der Waals surface area contributed by atoms with Crippen LogP contribution in [0.4, 0.5) is 0 Å². The number of likely N-dealkylation sites (N-methyl/N-ethyl adjacent to an activating group) is 1. The standard InChI is InChI=1S/C9H17N3/c1-7(2)11-4-8-5-12(3)6-9(8)10/h4,7H,5-6,10H2,1-3H3. The molecule has 0 amide bonds. The topological polar surface area (TPSA) is 41.6 Å². The van der Waals surface area contributed by atoms with Crippen molar-refractivity contribution < 1.29 is 0 Å². The van der Waals surface area contributed by atoms with Crippen LogP contribution in [0, 0.1) is 0 Å². The minimum absolute atomic E-state index is 0.358. The molecule has 0 aliphatic carbocycles. The van der Waals surface area contributed by atoms with Gasteiger partial charge in [0.05, 0.1) is 0 Å². The van der Waals surface area contributed by atoms with E-state index in [2.05, 4.69) is 30.8 Å². The summed E-state index contributed by atoms with van der Waals surface area (Å²) in [6, 6.07) is 0.358. The number of hydrogen-bond donors (Lipinski definition) is 1. The van der Waals surface area contributed by atoms with E-state index in [1.54, 1.807) is 0 Å². The fraction of sp³-hybridized carbons (Fsp3) is 0.667. The van der Waals surface area contributed by atoms with E-state index in [4.69, 9.17) is 5.73 Å². The Labute approximate surface area is 74.0 Å². The third kappa shape index (κ3) is 2.34. The molecular formula is C9H17N3. The molecule has 0 atom stereocenters. The van der Waals surface area contributed by atoms with Crippen LogP contribution in [0.15, 0.2) is 16.3 Å². The van der Waals surface area contributed by atoms with Crippen LogP contribution in [0.3, 0.4) is 0 Å². The van der Waals surface area contributed by atoms with Gasteiger partial charge in [-0.2, -0.15) is 0 Å². The first-order valence-electron chi connectivity index (χ1n) is 4.29. The Kier molecular flexibility index (Phi) is 2.87. The van der Waals surface area contributed by atoms with Gasteiger partial charge in [0.1, 0.15) is 0 Å². The molecule has 0 spiro atoms. The van der Waals surface area contributed by atoms with Crippen molar-refractivity contribution in [1.82, 2.24) is 4.90 Å². The van der Waals surface area contributed by atoms with Gasteiger partial charge in [0, 0.05) is 36.6 Å². The van der Waals surface area contributed by atoms with Crippen molar-refractivity contribution >= 4 is 6.21 Å². The second-order valence-corrected chi connectivity index (χ2v) is 3.59. The van der Waals surface area contributed by atoms with Crippen LogP contribution in [-0.2, 0) is 0 Å². The van der Waals surface area contributed by atoms with E-state index in [1.165, 1.54) is 5.57 Å². The van der Waals surface area contributed by atoms with Crippen LogP contribution in [0.25, 0.3) is 0 Å². The average molecular weight is 167 g/mol. The first kappa shape index (κ1) is 9.26. The third-order valence-corrected chi connectivity index (χ3v) is 1.82. The molecule has 0 fully saturated rings. The highest BCUT2D eigenvalue weighted by Gasteiger charge is 2.14. The van der Waals surface area contributed by atoms with Gasteiger partial charge in [-0.15, -0.1) is 0 Å². The van der Waals surface area contributed by atoms with Gasteiger partial charge in [-0.05, 0) is 20.9 Å². The number of aliphatic imine (C=N–C) groups is 1. The largest absolute Gasteiger partial charge is 0.401 e. The van der Waals surface area contributed by atoms with Crippen molar-refractivity contribution in [3.05, 3.63) is 11.3 Å². The van der Waals surface area contributed by atoms with Crippen LogP contribution in [0.5, 0.6) is 0 Å². The molecule has 1 aliphatic heterocycles. The molecule has 0 unspecified atom stereocenters. The second kappa shape index (κ2) is 3.72. The van der Waals surface area contributed by atoms with Gasteiger partial charge in [-0.25, -0.2) is 0 Å². The van der Waals surface area contributed by atoms with E-state index < -0.39 is 0 Å². The maximum Gasteiger partial charge on any atom is 0.0443 e.